The number of allylic oxidation sites excluding steroid dienone is 6. The van der Waals surface area contributed by atoms with Crippen LogP contribution in [0, 0.1) is 58.2 Å². The lowest BCUT2D eigenvalue weighted by molar-refractivity contribution is -0.254. The van der Waals surface area contributed by atoms with E-state index < -0.39 is 69.8 Å². The summed E-state index contributed by atoms with van der Waals surface area (Å²) in [5.41, 5.74) is 2.51. The summed E-state index contributed by atoms with van der Waals surface area (Å²) in [4.78, 5) is 15.5. The summed E-state index contributed by atoms with van der Waals surface area (Å²) in [5, 5.41) is 91.3. The topological polar surface area (TPSA) is 218 Å². The van der Waals surface area contributed by atoms with E-state index in [0.29, 0.717) is 61.6 Å². The Balaban J connectivity index is 1.16. The molecule has 7 aliphatic carbocycles. The van der Waals surface area contributed by atoms with Gasteiger partial charge < -0.3 is 56.8 Å². The van der Waals surface area contributed by atoms with E-state index in [9.17, 15) is 35.7 Å². The number of fused-ring (bicyclic) bond motifs is 5. The van der Waals surface area contributed by atoms with E-state index in [4.69, 9.17) is 10.5 Å². The normalized spacial score (nSPS) is 47.8. The molecule has 12 nitrogen and oxygen atoms in total. The highest BCUT2D eigenvalue weighted by Crippen LogP contribution is 2.73. The Labute approximate surface area is 381 Å². The summed E-state index contributed by atoms with van der Waals surface area (Å²) in [6, 6.07) is 0. The fraction of sp³-hybridized carbons (Fsp3) is 0.827. The summed E-state index contributed by atoms with van der Waals surface area (Å²) in [5.74, 6) is -1.13. The molecule has 5 saturated carbocycles. The van der Waals surface area contributed by atoms with Crippen molar-refractivity contribution in [3.63, 3.8) is 0 Å². The van der Waals surface area contributed by atoms with Crippen LogP contribution in [-0.2, 0) is 9.53 Å². The number of hydrogen-bond acceptors (Lipinski definition) is 12. The van der Waals surface area contributed by atoms with Gasteiger partial charge in [-0.3, -0.25) is 4.79 Å². The zero-order chi connectivity index (χ0) is 45.6. The Morgan fingerprint density at radius 1 is 1.00 bits per heavy atom. The average molecular weight is 892 g/mol. The number of carbonyl (C=O) groups excluding carboxylic acids is 1. The van der Waals surface area contributed by atoms with Crippen LogP contribution in [0.4, 0.5) is 0 Å². The molecular formula is C52H81N3O9. The second-order valence-corrected chi connectivity index (χ2v) is 23.0. The van der Waals surface area contributed by atoms with Gasteiger partial charge in [0.2, 0.25) is 0 Å². The van der Waals surface area contributed by atoms with Crippen LogP contribution < -0.4 is 16.4 Å². The molecule has 1 spiro atoms. The van der Waals surface area contributed by atoms with Crippen LogP contribution in [0.15, 0.2) is 46.8 Å². The van der Waals surface area contributed by atoms with Gasteiger partial charge in [-0.15, -0.1) is 0 Å². The Kier molecular flexibility index (Phi) is 12.8. The molecule has 19 unspecified atom stereocenters. The predicted molar refractivity (Wildman–Crippen MR) is 244 cm³/mol. The Morgan fingerprint density at radius 3 is 2.53 bits per heavy atom. The van der Waals surface area contributed by atoms with E-state index in [-0.39, 0.29) is 68.2 Å². The third kappa shape index (κ3) is 7.28. The number of ether oxygens (including phenoxy) is 1. The van der Waals surface area contributed by atoms with Crippen molar-refractivity contribution >= 4 is 5.78 Å². The number of aliphatic hydroxyl groups excluding tert-OH is 4. The highest BCUT2D eigenvalue weighted by Gasteiger charge is 2.75. The molecule has 0 aromatic heterocycles. The van der Waals surface area contributed by atoms with Crippen molar-refractivity contribution < 1.29 is 45.3 Å². The van der Waals surface area contributed by atoms with Crippen molar-refractivity contribution in [2.45, 2.75) is 197 Å². The van der Waals surface area contributed by atoms with Crippen LogP contribution in [0.1, 0.15) is 143 Å². The molecule has 12 heteroatoms. The van der Waals surface area contributed by atoms with Crippen LogP contribution in [0.5, 0.6) is 0 Å². The molecule has 0 amide bonds. The van der Waals surface area contributed by atoms with E-state index in [1.165, 1.54) is 19.3 Å². The molecule has 2 aliphatic heterocycles. The number of dihydropyridines is 1. The van der Waals surface area contributed by atoms with Gasteiger partial charge in [0.25, 0.3) is 0 Å². The largest absolute Gasteiger partial charge is 0.396 e. The number of nitrogens with one attached hydrogen (secondary N) is 2. The molecule has 11 N–H and O–H groups in total. The zero-order valence-corrected chi connectivity index (χ0v) is 39.1. The van der Waals surface area contributed by atoms with Gasteiger partial charge in [-0.2, -0.15) is 0 Å². The molecule has 64 heavy (non-hydrogen) atoms. The maximum Gasteiger partial charge on any atom is 0.182 e. The van der Waals surface area contributed by atoms with Gasteiger partial charge in [-0.25, -0.2) is 0 Å². The van der Waals surface area contributed by atoms with Crippen molar-refractivity contribution in [1.82, 2.24) is 10.6 Å². The molecule has 0 bridgehead atoms. The number of rotatable bonds is 11. The van der Waals surface area contributed by atoms with E-state index in [1.807, 2.05) is 13.0 Å². The van der Waals surface area contributed by atoms with Crippen LogP contribution in [0.25, 0.3) is 0 Å². The van der Waals surface area contributed by atoms with Crippen LogP contribution >= 0.6 is 0 Å². The first-order valence-electron chi connectivity index (χ1n) is 25.6. The summed E-state index contributed by atoms with van der Waals surface area (Å²) in [6.45, 7) is 7.91. The van der Waals surface area contributed by atoms with Crippen molar-refractivity contribution in [2.24, 2.45) is 63.9 Å². The van der Waals surface area contributed by atoms with E-state index in [0.717, 1.165) is 49.8 Å². The molecule has 6 fully saturated rings. The van der Waals surface area contributed by atoms with Gasteiger partial charge in [0, 0.05) is 36.1 Å². The monoisotopic (exact) mass is 892 g/mol. The van der Waals surface area contributed by atoms with E-state index >= 15 is 4.79 Å². The van der Waals surface area contributed by atoms with Gasteiger partial charge in [0.05, 0.1) is 53.6 Å². The number of hydrogen-bond donors (Lipinski definition) is 10. The molecule has 0 radical (unpaired) electrons. The minimum absolute atomic E-state index is 0.0223. The quantitative estimate of drug-likeness (QED) is 0.127. The Morgan fingerprint density at radius 2 is 1.78 bits per heavy atom. The maximum atomic E-state index is 15.5. The minimum Gasteiger partial charge on any atom is -0.396 e. The van der Waals surface area contributed by atoms with Crippen LogP contribution in [-0.4, -0.2) is 108 Å². The van der Waals surface area contributed by atoms with E-state index in [2.05, 4.69) is 42.7 Å². The molecule has 19 atom stereocenters. The zero-order valence-electron chi connectivity index (χ0n) is 39.1. The van der Waals surface area contributed by atoms with Crippen molar-refractivity contribution in [3.05, 3.63) is 46.8 Å². The van der Waals surface area contributed by atoms with Gasteiger partial charge in [0.1, 0.15) is 5.60 Å². The first-order valence-corrected chi connectivity index (χ1v) is 25.6. The summed E-state index contributed by atoms with van der Waals surface area (Å²) >= 11 is 0. The molecule has 0 aromatic carbocycles. The SMILES string of the molecule is CCCC1CCC2OC3C(CCCCC3(O)C(C)(O)C3CCC4(O)C5=C(NCC(C)O)C(=O)C6CC(O)C(O)CC67CC(C6=C(CCCO)NC(N)C=C6)C=CC(CC34C)C57)C2CC1. The predicted octanol–water partition coefficient (Wildman–Crippen LogP) is 4.79. The second-order valence-electron chi connectivity index (χ2n) is 23.0. The third-order valence-corrected chi connectivity index (χ3v) is 19.5. The minimum atomic E-state index is -1.67. The second kappa shape index (κ2) is 17.4. The summed E-state index contributed by atoms with van der Waals surface area (Å²) < 4.78 is 7.10. The van der Waals surface area contributed by atoms with Gasteiger partial charge >= 0.3 is 0 Å². The van der Waals surface area contributed by atoms with Crippen molar-refractivity contribution in [2.75, 3.05) is 13.2 Å². The fourth-order valence-electron chi connectivity index (χ4n) is 16.6. The summed E-state index contributed by atoms with van der Waals surface area (Å²) in [7, 11) is 0. The van der Waals surface area contributed by atoms with Crippen molar-refractivity contribution in [1.29, 1.82) is 0 Å². The number of carbonyl (C=O) groups is 1. The maximum absolute atomic E-state index is 15.5. The lowest BCUT2D eigenvalue weighted by Crippen LogP contribution is -2.70. The number of ketones is 1. The molecule has 1 saturated heterocycles. The van der Waals surface area contributed by atoms with Crippen molar-refractivity contribution in [3.8, 4) is 0 Å². The van der Waals surface area contributed by atoms with Crippen LogP contribution in [0.3, 0.4) is 0 Å². The first kappa shape index (κ1) is 47.0. The van der Waals surface area contributed by atoms with Gasteiger partial charge in [0.15, 0.2) is 5.78 Å². The van der Waals surface area contributed by atoms with Crippen LogP contribution in [0.2, 0.25) is 0 Å². The number of Topliss-reactive ketones (excluding diaryl/α,β-unsaturated/α-hetero) is 1. The summed E-state index contributed by atoms with van der Waals surface area (Å²) in [6.07, 6.45) is 17.6. The first-order chi connectivity index (χ1) is 30.4. The number of nitrogens with two attached hydrogens (primary N) is 1. The lowest BCUT2D eigenvalue weighted by Gasteiger charge is -2.64. The standard InChI is InChI=1S/C52H81N3O9/c1-5-9-30-12-16-34-35-10-6-7-21-52(63,47(35)64-40(34)18-13-30)49(4,61)41-20-22-51(62)44-43-32(25-48(41,51)3)15-14-31(33-17-19-42(53)55-37(33)11-8-23-56)26-50(43)27-39(59)38(58)24-36(50)46(60)45(44)54-28-29(2)57/h14-15,17,19,29-32,34-36,38-43,47,54-59,61-63H,5-13,16,18,20-28,53H2,1-4H3. The lowest BCUT2D eigenvalue weighted by atomic mass is 9.41. The van der Waals surface area contributed by atoms with Gasteiger partial charge in [-0.1, -0.05) is 64.2 Å². The number of aliphatic hydroxyl groups is 7. The Hall–Kier alpha value is -2.13. The third-order valence-electron chi connectivity index (χ3n) is 19.5. The smallest absolute Gasteiger partial charge is 0.182 e. The molecule has 358 valence electrons. The van der Waals surface area contributed by atoms with Gasteiger partial charge in [-0.05, 0) is 155 Å². The molecular weight excluding hydrogens is 811 g/mol. The molecule has 2 heterocycles. The molecule has 0 aromatic rings. The highest BCUT2D eigenvalue weighted by molar-refractivity contribution is 6.00. The van der Waals surface area contributed by atoms with E-state index in [1.54, 1.807) is 6.92 Å². The average Bonchev–Trinajstić information content (AvgIpc) is 3.49. The highest BCUT2D eigenvalue weighted by atomic mass is 16.5. The molecule has 9 rings (SSSR count). The Bertz CT molecular complexity index is 1900. The fourth-order valence-corrected chi connectivity index (χ4v) is 16.6. The molecule has 9 aliphatic rings.